The summed E-state index contributed by atoms with van der Waals surface area (Å²) in [6.45, 7) is 5.67. The van der Waals surface area contributed by atoms with Gasteiger partial charge in [-0.2, -0.15) is 0 Å². The number of benzene rings is 1. The number of rotatable bonds is 8. The van der Waals surface area contributed by atoms with Crippen LogP contribution in [0.4, 0.5) is 0 Å². The smallest absolute Gasteiger partial charge is 0.267 e. The fourth-order valence-electron chi connectivity index (χ4n) is 5.13. The molecule has 1 amide bonds. The number of fused-ring (bicyclic) bond motifs is 2. The fraction of sp³-hybridized carbons (Fsp3) is 0.379. The molecule has 1 aliphatic heterocycles. The summed E-state index contributed by atoms with van der Waals surface area (Å²) in [5.74, 6) is 0.425. The first-order chi connectivity index (χ1) is 18.5. The molecule has 5 rings (SSSR count). The number of methoxy groups -OCH3 is 1. The van der Waals surface area contributed by atoms with Crippen molar-refractivity contribution in [2.24, 2.45) is 0 Å². The van der Waals surface area contributed by atoms with Gasteiger partial charge in [-0.15, -0.1) is 0 Å². The quantitative estimate of drug-likeness (QED) is 0.352. The molecular formula is C29H34N6O3. The Morgan fingerprint density at radius 3 is 2.58 bits per heavy atom. The first-order valence-electron chi connectivity index (χ1n) is 13.2. The van der Waals surface area contributed by atoms with Crippen LogP contribution in [0.3, 0.4) is 0 Å². The van der Waals surface area contributed by atoms with Crippen LogP contribution in [-0.4, -0.2) is 58.0 Å². The molecule has 9 nitrogen and oxygen atoms in total. The summed E-state index contributed by atoms with van der Waals surface area (Å²) in [5.41, 5.74) is 2.84. The molecule has 0 radical (unpaired) electrons. The molecular weight excluding hydrogens is 480 g/mol. The van der Waals surface area contributed by atoms with E-state index in [4.69, 9.17) is 15.1 Å². The number of pyridine rings is 2. The van der Waals surface area contributed by atoms with E-state index in [1.807, 2.05) is 43.3 Å². The minimum Gasteiger partial charge on any atom is -0.497 e. The molecule has 3 aromatic heterocycles. The second-order valence-electron chi connectivity index (χ2n) is 9.85. The lowest BCUT2D eigenvalue weighted by Crippen LogP contribution is -2.40. The second-order valence-corrected chi connectivity index (χ2v) is 9.85. The van der Waals surface area contributed by atoms with E-state index in [2.05, 4.69) is 10.2 Å². The molecule has 2 N–H and O–H groups in total. The van der Waals surface area contributed by atoms with Crippen LogP contribution in [0.1, 0.15) is 40.7 Å². The van der Waals surface area contributed by atoms with Crippen LogP contribution in [0.15, 0.2) is 53.5 Å². The normalized spacial score (nSPS) is 14.2. The van der Waals surface area contributed by atoms with Gasteiger partial charge in [-0.25, -0.2) is 4.98 Å². The van der Waals surface area contributed by atoms with E-state index in [-0.39, 0.29) is 22.5 Å². The minimum atomic E-state index is -0.346. The van der Waals surface area contributed by atoms with Gasteiger partial charge >= 0.3 is 0 Å². The van der Waals surface area contributed by atoms with Gasteiger partial charge in [-0.1, -0.05) is 24.6 Å². The topological polar surface area (TPSA) is 105 Å². The van der Waals surface area contributed by atoms with Gasteiger partial charge in [-0.3, -0.25) is 19.4 Å². The molecule has 0 atom stereocenters. The maximum Gasteiger partial charge on any atom is 0.267 e. The van der Waals surface area contributed by atoms with Crippen molar-refractivity contribution in [1.82, 2.24) is 24.2 Å². The van der Waals surface area contributed by atoms with E-state index in [9.17, 15) is 9.59 Å². The zero-order valence-electron chi connectivity index (χ0n) is 22.0. The fourth-order valence-corrected chi connectivity index (χ4v) is 5.13. The number of aromatic nitrogens is 3. The van der Waals surface area contributed by atoms with Crippen molar-refractivity contribution in [2.45, 2.75) is 39.2 Å². The van der Waals surface area contributed by atoms with Gasteiger partial charge in [0.1, 0.15) is 22.5 Å². The number of hydrogen-bond donors (Lipinski definition) is 2. The largest absolute Gasteiger partial charge is 0.497 e. The monoisotopic (exact) mass is 514 g/mol. The summed E-state index contributed by atoms with van der Waals surface area (Å²) in [6, 6.07) is 13.0. The molecule has 4 aromatic rings. The van der Waals surface area contributed by atoms with Crippen molar-refractivity contribution in [3.8, 4) is 5.75 Å². The molecule has 9 heteroatoms. The van der Waals surface area contributed by atoms with E-state index in [1.165, 1.54) is 29.7 Å². The summed E-state index contributed by atoms with van der Waals surface area (Å²) < 4.78 is 8.45. The summed E-state index contributed by atoms with van der Waals surface area (Å²) in [5, 5.41) is 12.3. The molecule has 0 spiro atoms. The summed E-state index contributed by atoms with van der Waals surface area (Å²) in [4.78, 5) is 34.0. The highest BCUT2D eigenvalue weighted by atomic mass is 16.5. The lowest BCUT2D eigenvalue weighted by Gasteiger charge is -2.26. The Balaban J connectivity index is 1.52. The highest BCUT2D eigenvalue weighted by Crippen LogP contribution is 2.15. The number of likely N-dealkylation sites (tertiary alicyclic amines) is 1. The van der Waals surface area contributed by atoms with Gasteiger partial charge in [0.05, 0.1) is 18.1 Å². The zero-order chi connectivity index (χ0) is 26.6. The lowest BCUT2D eigenvalue weighted by atomic mass is 10.1. The van der Waals surface area contributed by atoms with Crippen molar-refractivity contribution < 1.29 is 9.53 Å². The maximum absolute atomic E-state index is 13.5. The Morgan fingerprint density at radius 2 is 1.84 bits per heavy atom. The molecule has 0 aliphatic carbocycles. The third kappa shape index (κ3) is 5.19. The van der Waals surface area contributed by atoms with Crippen LogP contribution < -0.4 is 21.1 Å². The van der Waals surface area contributed by atoms with Crippen LogP contribution >= 0.6 is 0 Å². The van der Waals surface area contributed by atoms with Crippen molar-refractivity contribution in [1.29, 1.82) is 5.41 Å². The van der Waals surface area contributed by atoms with Crippen molar-refractivity contribution in [2.75, 3.05) is 33.3 Å². The van der Waals surface area contributed by atoms with Gasteiger partial charge in [0.25, 0.3) is 11.5 Å². The van der Waals surface area contributed by atoms with E-state index < -0.39 is 0 Å². The molecule has 1 aliphatic rings. The molecule has 0 saturated carbocycles. The standard InChI is InChI=1S/C29H34N6O3/c1-20-7-6-16-35-26(20)32-27-24(29(35)37)19-23(28(36)31-13-18-33-14-4-3-5-15-33)25(30)34(27)17-12-21-8-10-22(38-2)11-9-21/h6-11,16,19,30H,3-5,12-15,17-18H2,1-2H3,(H,31,36). The van der Waals surface area contributed by atoms with E-state index in [1.54, 1.807) is 17.9 Å². The Hall–Kier alpha value is -3.98. The van der Waals surface area contributed by atoms with Gasteiger partial charge in [-0.05, 0) is 74.7 Å². The second kappa shape index (κ2) is 11.2. The summed E-state index contributed by atoms with van der Waals surface area (Å²) in [7, 11) is 1.63. The number of ether oxygens (including phenoxy) is 1. The SMILES string of the molecule is COc1ccc(CCn2c(=N)c(C(=O)NCCN3CCCCC3)cc3c(=O)n4cccc(C)c4nc32)cc1. The number of carbonyl (C=O) groups is 1. The molecule has 4 heterocycles. The van der Waals surface area contributed by atoms with Crippen molar-refractivity contribution in [3.05, 3.63) is 81.2 Å². The molecule has 38 heavy (non-hydrogen) atoms. The number of amides is 1. The average Bonchev–Trinajstić information content (AvgIpc) is 2.94. The van der Waals surface area contributed by atoms with Gasteiger partial charge in [0.15, 0.2) is 0 Å². The molecule has 1 saturated heterocycles. The van der Waals surface area contributed by atoms with E-state index in [0.717, 1.165) is 36.5 Å². The molecule has 198 valence electrons. The Kier molecular flexibility index (Phi) is 7.55. The van der Waals surface area contributed by atoms with Crippen LogP contribution in [0.25, 0.3) is 16.7 Å². The predicted molar refractivity (Wildman–Crippen MR) is 147 cm³/mol. The number of aryl methyl sites for hydroxylation is 3. The Morgan fingerprint density at radius 1 is 1.08 bits per heavy atom. The average molecular weight is 515 g/mol. The summed E-state index contributed by atoms with van der Waals surface area (Å²) in [6.07, 6.45) is 5.93. The Bertz CT molecular complexity index is 1580. The minimum absolute atomic E-state index is 0.0475. The molecule has 1 aromatic carbocycles. The molecule has 0 unspecified atom stereocenters. The van der Waals surface area contributed by atoms with E-state index in [0.29, 0.717) is 36.2 Å². The number of nitrogens with one attached hydrogen (secondary N) is 2. The van der Waals surface area contributed by atoms with Gasteiger partial charge in [0, 0.05) is 25.8 Å². The highest BCUT2D eigenvalue weighted by molar-refractivity contribution is 5.96. The summed E-state index contributed by atoms with van der Waals surface area (Å²) >= 11 is 0. The Labute approximate surface area is 221 Å². The van der Waals surface area contributed by atoms with E-state index >= 15 is 0 Å². The number of nitrogens with zero attached hydrogens (tertiary/aromatic N) is 4. The third-order valence-corrected chi connectivity index (χ3v) is 7.32. The number of hydrogen-bond acceptors (Lipinski definition) is 6. The first kappa shape index (κ1) is 25.7. The number of carbonyl (C=O) groups excluding carboxylic acids is 1. The van der Waals surface area contributed by atoms with Crippen molar-refractivity contribution >= 4 is 22.6 Å². The van der Waals surface area contributed by atoms with Gasteiger partial charge in [0.2, 0.25) is 0 Å². The van der Waals surface area contributed by atoms with Crippen LogP contribution in [0.2, 0.25) is 0 Å². The van der Waals surface area contributed by atoms with Crippen LogP contribution in [0, 0.1) is 12.3 Å². The van der Waals surface area contributed by atoms with Crippen LogP contribution in [0.5, 0.6) is 5.75 Å². The lowest BCUT2D eigenvalue weighted by molar-refractivity contribution is 0.0944. The highest BCUT2D eigenvalue weighted by Gasteiger charge is 2.18. The predicted octanol–water partition coefficient (Wildman–Crippen LogP) is 2.90. The van der Waals surface area contributed by atoms with Gasteiger partial charge < -0.3 is 19.5 Å². The van der Waals surface area contributed by atoms with Crippen LogP contribution in [-0.2, 0) is 13.0 Å². The maximum atomic E-state index is 13.5. The first-order valence-corrected chi connectivity index (χ1v) is 13.2. The zero-order valence-corrected chi connectivity index (χ0v) is 22.0. The van der Waals surface area contributed by atoms with Crippen molar-refractivity contribution in [3.63, 3.8) is 0 Å². The molecule has 1 fully saturated rings. The number of piperidine rings is 1. The molecule has 0 bridgehead atoms. The third-order valence-electron chi connectivity index (χ3n) is 7.32.